The van der Waals surface area contributed by atoms with Gasteiger partial charge in [0.1, 0.15) is 0 Å². The van der Waals surface area contributed by atoms with Crippen LogP contribution in [-0.2, 0) is 9.47 Å². The molecule has 0 atom stereocenters. The zero-order valence-corrected chi connectivity index (χ0v) is 11.6. The molecule has 4 heteroatoms. The summed E-state index contributed by atoms with van der Waals surface area (Å²) in [6, 6.07) is 1.43. The molecule has 1 aliphatic carbocycles. The van der Waals surface area contributed by atoms with Gasteiger partial charge in [-0.25, -0.2) is 0 Å². The Labute approximate surface area is 106 Å². The molecule has 0 unspecified atom stereocenters. The minimum absolute atomic E-state index is 0.713. The van der Waals surface area contributed by atoms with E-state index in [-0.39, 0.29) is 0 Å². The van der Waals surface area contributed by atoms with E-state index < -0.39 is 0 Å². The van der Waals surface area contributed by atoms with Crippen LogP contribution in [0.25, 0.3) is 0 Å². The maximum atomic E-state index is 5.19. The minimum Gasteiger partial charge on any atom is -0.383 e. The molecule has 0 aromatic carbocycles. The normalized spacial score (nSPS) is 25.4. The number of nitrogens with zero attached hydrogens (tertiary/aromatic N) is 1. The van der Waals surface area contributed by atoms with E-state index in [0.717, 1.165) is 32.3 Å². The third kappa shape index (κ3) is 5.34. The van der Waals surface area contributed by atoms with Gasteiger partial charge in [0.25, 0.3) is 0 Å². The number of hydrogen-bond acceptors (Lipinski definition) is 4. The number of methoxy groups -OCH3 is 2. The molecule has 1 saturated carbocycles. The van der Waals surface area contributed by atoms with Crippen LogP contribution in [0.3, 0.4) is 0 Å². The topological polar surface area (TPSA) is 33.7 Å². The Hall–Kier alpha value is -0.160. The van der Waals surface area contributed by atoms with Crippen LogP contribution in [0, 0.1) is 0 Å². The fourth-order valence-corrected chi connectivity index (χ4v) is 2.62. The van der Waals surface area contributed by atoms with Gasteiger partial charge in [-0.05, 0) is 32.7 Å². The molecule has 0 aliphatic heterocycles. The highest BCUT2D eigenvalue weighted by Crippen LogP contribution is 2.22. The van der Waals surface area contributed by atoms with Crippen LogP contribution < -0.4 is 5.32 Å². The van der Waals surface area contributed by atoms with Gasteiger partial charge in [-0.1, -0.05) is 0 Å². The lowest BCUT2D eigenvalue weighted by atomic mass is 9.90. The van der Waals surface area contributed by atoms with Crippen molar-refractivity contribution in [2.24, 2.45) is 0 Å². The summed E-state index contributed by atoms with van der Waals surface area (Å²) in [5.41, 5.74) is 0. The maximum Gasteiger partial charge on any atom is 0.0589 e. The molecule has 0 amide bonds. The van der Waals surface area contributed by atoms with Crippen molar-refractivity contribution in [1.82, 2.24) is 10.2 Å². The molecule has 0 aromatic rings. The molecule has 4 nitrogen and oxygen atoms in total. The molecule has 0 aromatic heterocycles. The van der Waals surface area contributed by atoms with E-state index in [1.807, 2.05) is 0 Å². The Bertz CT molecular complexity index is 174. The number of ether oxygens (including phenoxy) is 2. The quantitative estimate of drug-likeness (QED) is 0.693. The van der Waals surface area contributed by atoms with E-state index in [0.29, 0.717) is 6.04 Å². The highest BCUT2D eigenvalue weighted by atomic mass is 16.5. The zero-order chi connectivity index (χ0) is 12.5. The lowest BCUT2D eigenvalue weighted by Gasteiger charge is -2.36. The Morgan fingerprint density at radius 1 is 1.00 bits per heavy atom. The summed E-state index contributed by atoms with van der Waals surface area (Å²) in [4.78, 5) is 2.53. The second-order valence-corrected chi connectivity index (χ2v) is 4.82. The summed E-state index contributed by atoms with van der Waals surface area (Å²) >= 11 is 0. The van der Waals surface area contributed by atoms with Crippen LogP contribution in [0.15, 0.2) is 0 Å². The number of hydrogen-bond donors (Lipinski definition) is 1. The van der Waals surface area contributed by atoms with Gasteiger partial charge in [-0.3, -0.25) is 4.90 Å². The molecule has 17 heavy (non-hydrogen) atoms. The average Bonchev–Trinajstić information content (AvgIpc) is 2.39. The zero-order valence-electron chi connectivity index (χ0n) is 11.6. The fourth-order valence-electron chi connectivity index (χ4n) is 2.62. The monoisotopic (exact) mass is 244 g/mol. The van der Waals surface area contributed by atoms with Gasteiger partial charge in [-0.2, -0.15) is 0 Å². The summed E-state index contributed by atoms with van der Waals surface area (Å²) in [5, 5.41) is 3.38. The minimum atomic E-state index is 0.713. The largest absolute Gasteiger partial charge is 0.383 e. The Morgan fingerprint density at radius 2 is 1.53 bits per heavy atom. The molecule has 0 saturated heterocycles. The highest BCUT2D eigenvalue weighted by Gasteiger charge is 2.24. The second-order valence-electron chi connectivity index (χ2n) is 4.82. The third-order valence-electron chi connectivity index (χ3n) is 3.79. The van der Waals surface area contributed by atoms with E-state index in [4.69, 9.17) is 9.47 Å². The Kier molecular flexibility index (Phi) is 7.77. The molecule has 0 radical (unpaired) electrons. The first-order valence-electron chi connectivity index (χ1n) is 6.71. The fraction of sp³-hybridized carbons (Fsp3) is 1.00. The van der Waals surface area contributed by atoms with Crippen LogP contribution in [0.1, 0.15) is 25.7 Å². The molecular formula is C13H28N2O2. The van der Waals surface area contributed by atoms with Gasteiger partial charge >= 0.3 is 0 Å². The van der Waals surface area contributed by atoms with Crippen molar-refractivity contribution < 1.29 is 9.47 Å². The predicted octanol–water partition coefficient (Wildman–Crippen LogP) is 1.11. The van der Waals surface area contributed by atoms with Crippen molar-refractivity contribution in [3.8, 4) is 0 Å². The van der Waals surface area contributed by atoms with Gasteiger partial charge in [-0.15, -0.1) is 0 Å². The summed E-state index contributed by atoms with van der Waals surface area (Å²) < 4.78 is 10.4. The Morgan fingerprint density at radius 3 is 1.94 bits per heavy atom. The molecule has 102 valence electrons. The molecule has 1 N–H and O–H groups in total. The SMILES string of the molecule is CNC1CCC(N(CCOC)CCOC)CC1. The molecule has 1 fully saturated rings. The van der Waals surface area contributed by atoms with E-state index in [9.17, 15) is 0 Å². The summed E-state index contributed by atoms with van der Waals surface area (Å²) in [6.45, 7) is 3.68. The van der Waals surface area contributed by atoms with Gasteiger partial charge < -0.3 is 14.8 Å². The standard InChI is InChI=1S/C13H28N2O2/c1-14-12-4-6-13(7-5-12)15(8-10-16-2)9-11-17-3/h12-14H,4-11H2,1-3H3. The molecule has 0 spiro atoms. The molecular weight excluding hydrogens is 216 g/mol. The maximum absolute atomic E-state index is 5.19. The lowest BCUT2D eigenvalue weighted by molar-refractivity contribution is 0.0704. The van der Waals surface area contributed by atoms with Crippen molar-refractivity contribution in [2.45, 2.75) is 37.8 Å². The van der Waals surface area contributed by atoms with E-state index in [2.05, 4.69) is 17.3 Å². The van der Waals surface area contributed by atoms with Gasteiger partial charge in [0, 0.05) is 39.4 Å². The summed E-state index contributed by atoms with van der Waals surface area (Å²) in [6.07, 6.45) is 5.16. The molecule has 0 heterocycles. The van der Waals surface area contributed by atoms with Crippen molar-refractivity contribution in [3.05, 3.63) is 0 Å². The van der Waals surface area contributed by atoms with Gasteiger partial charge in [0.15, 0.2) is 0 Å². The highest BCUT2D eigenvalue weighted by molar-refractivity contribution is 4.82. The van der Waals surface area contributed by atoms with Crippen LogP contribution in [0.4, 0.5) is 0 Å². The molecule has 1 rings (SSSR count). The first kappa shape index (κ1) is 14.9. The summed E-state index contributed by atoms with van der Waals surface area (Å²) in [7, 11) is 5.61. The molecule has 1 aliphatic rings. The average molecular weight is 244 g/mol. The van der Waals surface area contributed by atoms with E-state index in [1.165, 1.54) is 25.7 Å². The molecule has 0 bridgehead atoms. The summed E-state index contributed by atoms with van der Waals surface area (Å²) in [5.74, 6) is 0. The van der Waals surface area contributed by atoms with Crippen molar-refractivity contribution in [1.29, 1.82) is 0 Å². The van der Waals surface area contributed by atoms with Gasteiger partial charge in [0.2, 0.25) is 0 Å². The van der Waals surface area contributed by atoms with Crippen LogP contribution in [0.2, 0.25) is 0 Å². The second kappa shape index (κ2) is 8.86. The van der Waals surface area contributed by atoms with Gasteiger partial charge in [0.05, 0.1) is 13.2 Å². The Balaban J connectivity index is 2.34. The third-order valence-corrected chi connectivity index (χ3v) is 3.79. The number of nitrogens with one attached hydrogen (secondary N) is 1. The van der Waals surface area contributed by atoms with E-state index >= 15 is 0 Å². The number of rotatable bonds is 8. The van der Waals surface area contributed by atoms with Crippen LogP contribution in [-0.4, -0.2) is 64.6 Å². The van der Waals surface area contributed by atoms with Crippen molar-refractivity contribution in [2.75, 3.05) is 47.6 Å². The predicted molar refractivity (Wildman–Crippen MR) is 70.4 cm³/mol. The lowest BCUT2D eigenvalue weighted by Crippen LogP contribution is -2.44. The first-order valence-corrected chi connectivity index (χ1v) is 6.71. The first-order chi connectivity index (χ1) is 8.31. The van der Waals surface area contributed by atoms with Crippen molar-refractivity contribution >= 4 is 0 Å². The smallest absolute Gasteiger partial charge is 0.0589 e. The van der Waals surface area contributed by atoms with E-state index in [1.54, 1.807) is 14.2 Å². The van der Waals surface area contributed by atoms with Crippen LogP contribution in [0.5, 0.6) is 0 Å². The van der Waals surface area contributed by atoms with Crippen molar-refractivity contribution in [3.63, 3.8) is 0 Å². The van der Waals surface area contributed by atoms with Crippen LogP contribution >= 0.6 is 0 Å².